The predicted octanol–water partition coefficient (Wildman–Crippen LogP) is 2.02. The van der Waals surface area contributed by atoms with Crippen LogP contribution in [0.3, 0.4) is 0 Å². The molecule has 1 aromatic carbocycles. The summed E-state index contributed by atoms with van der Waals surface area (Å²) in [5.41, 5.74) is 2.02. The molecule has 0 saturated carbocycles. The van der Waals surface area contributed by atoms with Crippen LogP contribution in [0.5, 0.6) is 5.75 Å². The van der Waals surface area contributed by atoms with Gasteiger partial charge in [-0.2, -0.15) is 18.3 Å². The van der Waals surface area contributed by atoms with Crippen LogP contribution in [-0.2, 0) is 4.79 Å². The highest BCUT2D eigenvalue weighted by molar-refractivity contribution is 6.03. The number of phenolic OH excluding ortho intramolecular Hbond substituents is 1. The standard InChI is InChI=1S/C12H11F3N2O3/c1-7(6-10(19)12(13,14)15)16-17-11(20)8-2-4-9(18)5-3-8/h2-5,18H,6H2,1H3,(H,17,20)/b16-7+. The zero-order chi connectivity index (χ0) is 15.3. The smallest absolute Gasteiger partial charge is 0.450 e. The van der Waals surface area contributed by atoms with Crippen LogP contribution in [0.15, 0.2) is 29.4 Å². The van der Waals surface area contributed by atoms with E-state index in [1.165, 1.54) is 31.2 Å². The molecule has 8 heteroatoms. The summed E-state index contributed by atoms with van der Waals surface area (Å²) in [6.07, 6.45) is -5.84. The van der Waals surface area contributed by atoms with Gasteiger partial charge in [-0.1, -0.05) is 0 Å². The largest absolute Gasteiger partial charge is 0.508 e. The molecule has 0 aliphatic rings. The SMILES string of the molecule is C/C(CC(=O)C(F)(F)F)=N\NC(=O)c1ccc(O)cc1. The fraction of sp³-hybridized carbons (Fsp3) is 0.250. The topological polar surface area (TPSA) is 78.8 Å². The van der Waals surface area contributed by atoms with Gasteiger partial charge in [0, 0.05) is 11.3 Å². The van der Waals surface area contributed by atoms with Gasteiger partial charge < -0.3 is 5.11 Å². The first-order valence-electron chi connectivity index (χ1n) is 5.42. The molecule has 0 aliphatic heterocycles. The summed E-state index contributed by atoms with van der Waals surface area (Å²) in [5, 5.41) is 12.4. The number of aromatic hydroxyl groups is 1. The molecule has 20 heavy (non-hydrogen) atoms. The Morgan fingerprint density at radius 3 is 2.30 bits per heavy atom. The van der Waals surface area contributed by atoms with Crippen molar-refractivity contribution < 1.29 is 27.9 Å². The number of phenols is 1. The Balaban J connectivity index is 2.61. The molecular formula is C12H11F3N2O3. The second-order valence-electron chi connectivity index (χ2n) is 3.93. The molecule has 5 nitrogen and oxygen atoms in total. The maximum atomic E-state index is 12.0. The average molecular weight is 288 g/mol. The molecule has 0 spiro atoms. The molecule has 0 unspecified atom stereocenters. The molecule has 1 amide bonds. The lowest BCUT2D eigenvalue weighted by molar-refractivity contribution is -0.169. The summed E-state index contributed by atoms with van der Waals surface area (Å²) in [7, 11) is 0. The summed E-state index contributed by atoms with van der Waals surface area (Å²) in [6, 6.07) is 5.18. The summed E-state index contributed by atoms with van der Waals surface area (Å²) in [4.78, 5) is 22.2. The Labute approximate surface area is 112 Å². The second-order valence-corrected chi connectivity index (χ2v) is 3.93. The lowest BCUT2D eigenvalue weighted by Crippen LogP contribution is -2.26. The molecule has 0 bridgehead atoms. The van der Waals surface area contributed by atoms with Crippen molar-refractivity contribution >= 4 is 17.4 Å². The van der Waals surface area contributed by atoms with E-state index in [1.54, 1.807) is 0 Å². The summed E-state index contributed by atoms with van der Waals surface area (Å²) in [5.74, 6) is -2.63. The molecule has 2 N–H and O–H groups in total. The molecule has 0 aromatic heterocycles. The number of carbonyl (C=O) groups excluding carboxylic acids is 2. The number of nitrogens with zero attached hydrogens (tertiary/aromatic N) is 1. The first kappa shape index (κ1) is 15.7. The van der Waals surface area contributed by atoms with Crippen molar-refractivity contribution in [2.24, 2.45) is 5.10 Å². The van der Waals surface area contributed by atoms with Gasteiger partial charge in [0.15, 0.2) is 0 Å². The Morgan fingerprint density at radius 1 is 1.25 bits per heavy atom. The van der Waals surface area contributed by atoms with E-state index in [0.717, 1.165) is 0 Å². The van der Waals surface area contributed by atoms with Gasteiger partial charge in [-0.05, 0) is 31.2 Å². The summed E-state index contributed by atoms with van der Waals surface area (Å²) >= 11 is 0. The van der Waals surface area contributed by atoms with Crippen LogP contribution < -0.4 is 5.43 Å². The van der Waals surface area contributed by atoms with Gasteiger partial charge in [0.2, 0.25) is 5.78 Å². The van der Waals surface area contributed by atoms with Crippen molar-refractivity contribution in [1.82, 2.24) is 5.43 Å². The molecule has 1 rings (SSSR count). The molecule has 0 fully saturated rings. The lowest BCUT2D eigenvalue weighted by atomic mass is 10.2. The van der Waals surface area contributed by atoms with Gasteiger partial charge in [-0.3, -0.25) is 9.59 Å². The van der Waals surface area contributed by atoms with Crippen molar-refractivity contribution in [3.05, 3.63) is 29.8 Å². The highest BCUT2D eigenvalue weighted by Gasteiger charge is 2.37. The molecule has 0 heterocycles. The molecule has 0 aliphatic carbocycles. The third-order valence-electron chi connectivity index (χ3n) is 2.21. The van der Waals surface area contributed by atoms with E-state index < -0.39 is 24.3 Å². The summed E-state index contributed by atoms with van der Waals surface area (Å²) in [6.45, 7) is 1.20. The van der Waals surface area contributed by atoms with Crippen LogP contribution in [0.25, 0.3) is 0 Å². The van der Waals surface area contributed by atoms with Crippen LogP contribution in [0, 0.1) is 0 Å². The first-order valence-corrected chi connectivity index (χ1v) is 5.42. The summed E-state index contributed by atoms with van der Waals surface area (Å²) < 4.78 is 36.0. The van der Waals surface area contributed by atoms with E-state index in [4.69, 9.17) is 5.11 Å². The van der Waals surface area contributed by atoms with E-state index in [1.807, 2.05) is 5.43 Å². The van der Waals surface area contributed by atoms with Crippen LogP contribution in [0.4, 0.5) is 13.2 Å². The van der Waals surface area contributed by atoms with E-state index in [-0.39, 0.29) is 17.0 Å². The van der Waals surface area contributed by atoms with Crippen LogP contribution >= 0.6 is 0 Å². The molecule has 0 atom stereocenters. The number of hydrogen-bond acceptors (Lipinski definition) is 4. The van der Waals surface area contributed by atoms with Crippen LogP contribution in [0.2, 0.25) is 0 Å². The Morgan fingerprint density at radius 2 is 1.80 bits per heavy atom. The van der Waals surface area contributed by atoms with Crippen molar-refractivity contribution in [3.63, 3.8) is 0 Å². The van der Waals surface area contributed by atoms with Gasteiger partial charge in [0.25, 0.3) is 5.91 Å². The minimum Gasteiger partial charge on any atom is -0.508 e. The van der Waals surface area contributed by atoms with Crippen molar-refractivity contribution in [2.45, 2.75) is 19.5 Å². The number of halogens is 3. The number of ketones is 1. The Kier molecular flexibility index (Phi) is 4.84. The minimum absolute atomic E-state index is 0.0306. The van der Waals surface area contributed by atoms with Crippen molar-refractivity contribution in [2.75, 3.05) is 0 Å². The number of alkyl halides is 3. The molecule has 0 saturated heterocycles. The van der Waals surface area contributed by atoms with Gasteiger partial charge >= 0.3 is 6.18 Å². The number of hydrogen-bond donors (Lipinski definition) is 2. The highest BCUT2D eigenvalue weighted by Crippen LogP contribution is 2.18. The third-order valence-corrected chi connectivity index (χ3v) is 2.21. The average Bonchev–Trinajstić information content (AvgIpc) is 2.35. The molecular weight excluding hydrogens is 277 g/mol. The number of benzene rings is 1. The zero-order valence-corrected chi connectivity index (χ0v) is 10.4. The fourth-order valence-corrected chi connectivity index (χ4v) is 1.20. The molecule has 108 valence electrons. The van der Waals surface area contributed by atoms with E-state index in [0.29, 0.717) is 0 Å². The fourth-order valence-electron chi connectivity index (χ4n) is 1.20. The zero-order valence-electron chi connectivity index (χ0n) is 10.4. The maximum absolute atomic E-state index is 12.0. The molecule has 1 aromatic rings. The number of nitrogens with one attached hydrogen (secondary N) is 1. The van der Waals surface area contributed by atoms with Gasteiger partial charge in [0.1, 0.15) is 5.75 Å². The first-order chi connectivity index (χ1) is 9.20. The number of amides is 1. The van der Waals surface area contributed by atoms with E-state index in [9.17, 15) is 22.8 Å². The second kappa shape index (κ2) is 6.18. The number of hydrazone groups is 1. The lowest BCUT2D eigenvalue weighted by Gasteiger charge is -2.05. The normalized spacial score (nSPS) is 12.1. The Hall–Kier alpha value is -2.38. The van der Waals surface area contributed by atoms with Crippen LogP contribution in [-0.4, -0.2) is 28.7 Å². The van der Waals surface area contributed by atoms with Crippen LogP contribution in [0.1, 0.15) is 23.7 Å². The quantitative estimate of drug-likeness (QED) is 0.657. The number of Topliss-reactive ketones (excluding diaryl/α,β-unsaturated/α-hetero) is 1. The molecule has 0 radical (unpaired) electrons. The van der Waals surface area contributed by atoms with Crippen molar-refractivity contribution in [3.8, 4) is 5.75 Å². The van der Waals surface area contributed by atoms with Gasteiger partial charge in [-0.25, -0.2) is 5.43 Å². The predicted molar refractivity (Wildman–Crippen MR) is 64.4 cm³/mol. The Bertz CT molecular complexity index is 536. The minimum atomic E-state index is -4.92. The van der Waals surface area contributed by atoms with E-state index >= 15 is 0 Å². The third kappa shape index (κ3) is 4.71. The maximum Gasteiger partial charge on any atom is 0.450 e. The van der Waals surface area contributed by atoms with Crippen molar-refractivity contribution in [1.29, 1.82) is 0 Å². The highest BCUT2D eigenvalue weighted by atomic mass is 19.4. The van der Waals surface area contributed by atoms with Gasteiger partial charge in [-0.15, -0.1) is 0 Å². The number of rotatable bonds is 4. The monoisotopic (exact) mass is 288 g/mol. The van der Waals surface area contributed by atoms with E-state index in [2.05, 4.69) is 5.10 Å². The number of carbonyl (C=O) groups is 2. The van der Waals surface area contributed by atoms with Gasteiger partial charge in [0.05, 0.1) is 6.42 Å².